The predicted octanol–water partition coefficient (Wildman–Crippen LogP) is 2.51. The maximum absolute atomic E-state index is 10.8. The molecular formula is C19H21N7O2. The molecule has 144 valence electrons. The zero-order chi connectivity index (χ0) is 19.1. The van der Waals surface area contributed by atoms with E-state index in [1.807, 2.05) is 25.1 Å². The summed E-state index contributed by atoms with van der Waals surface area (Å²) in [5.74, 6) is 1.06. The maximum atomic E-state index is 10.8. The predicted molar refractivity (Wildman–Crippen MR) is 103 cm³/mol. The van der Waals surface area contributed by atoms with Crippen molar-refractivity contribution in [3.8, 4) is 0 Å². The summed E-state index contributed by atoms with van der Waals surface area (Å²) in [6, 6.07) is 7.69. The molecule has 28 heavy (non-hydrogen) atoms. The highest BCUT2D eigenvalue weighted by atomic mass is 16.5. The fourth-order valence-electron chi connectivity index (χ4n) is 3.69. The molecule has 1 unspecified atom stereocenters. The molecule has 1 saturated heterocycles. The summed E-state index contributed by atoms with van der Waals surface area (Å²) in [5.41, 5.74) is 3.39. The number of aliphatic hydroxyl groups excluding tert-OH is 1. The first kappa shape index (κ1) is 17.1. The first-order chi connectivity index (χ1) is 13.7. The number of fused-ring (bicyclic) bond motifs is 2. The first-order valence-electron chi connectivity index (χ1n) is 9.38. The Labute approximate surface area is 160 Å². The van der Waals surface area contributed by atoms with Crippen molar-refractivity contribution in [3.63, 3.8) is 0 Å². The van der Waals surface area contributed by atoms with E-state index in [0.29, 0.717) is 30.6 Å². The lowest BCUT2D eigenvalue weighted by Gasteiger charge is -2.26. The van der Waals surface area contributed by atoms with E-state index >= 15 is 0 Å². The SMILES string of the molecule is Cc1[nH]nc2cc(Nc3nc4ccnc(C(O)C5CCOCC5)n4n3)ccc12. The van der Waals surface area contributed by atoms with Crippen molar-refractivity contribution in [2.45, 2.75) is 25.9 Å². The molecule has 0 amide bonds. The molecule has 9 heteroatoms. The van der Waals surface area contributed by atoms with Gasteiger partial charge in [0.05, 0.1) is 5.52 Å². The third-order valence-electron chi connectivity index (χ3n) is 5.26. The van der Waals surface area contributed by atoms with Gasteiger partial charge < -0.3 is 15.2 Å². The minimum atomic E-state index is -0.703. The van der Waals surface area contributed by atoms with Crippen LogP contribution in [0, 0.1) is 12.8 Å². The average Bonchev–Trinajstić information content (AvgIpc) is 3.30. The number of hydrogen-bond donors (Lipinski definition) is 3. The fraction of sp³-hybridized carbons (Fsp3) is 0.368. The number of aryl methyl sites for hydroxylation is 1. The van der Waals surface area contributed by atoms with E-state index in [9.17, 15) is 5.11 Å². The summed E-state index contributed by atoms with van der Waals surface area (Å²) in [6.07, 6.45) is 2.57. The normalized spacial score (nSPS) is 16.6. The molecule has 4 aromatic rings. The zero-order valence-corrected chi connectivity index (χ0v) is 15.5. The number of hydrogen-bond acceptors (Lipinski definition) is 7. The van der Waals surface area contributed by atoms with Gasteiger partial charge in [-0.15, -0.1) is 5.10 Å². The van der Waals surface area contributed by atoms with E-state index in [-0.39, 0.29) is 5.92 Å². The molecular weight excluding hydrogens is 358 g/mol. The number of rotatable bonds is 4. The highest BCUT2D eigenvalue weighted by molar-refractivity contribution is 5.84. The van der Waals surface area contributed by atoms with Gasteiger partial charge in [0.25, 0.3) is 0 Å². The Balaban J connectivity index is 1.45. The van der Waals surface area contributed by atoms with Gasteiger partial charge in [0.15, 0.2) is 11.5 Å². The van der Waals surface area contributed by atoms with Gasteiger partial charge in [-0.1, -0.05) is 0 Å². The molecule has 0 aliphatic carbocycles. The number of benzene rings is 1. The topological polar surface area (TPSA) is 113 Å². The molecule has 1 atom stereocenters. The Morgan fingerprint density at radius 3 is 3.00 bits per heavy atom. The minimum absolute atomic E-state index is 0.109. The van der Waals surface area contributed by atoms with Crippen molar-refractivity contribution in [1.82, 2.24) is 29.8 Å². The van der Waals surface area contributed by atoms with E-state index in [2.05, 4.69) is 30.6 Å². The van der Waals surface area contributed by atoms with Crippen LogP contribution < -0.4 is 5.32 Å². The van der Waals surface area contributed by atoms with Gasteiger partial charge in [-0.05, 0) is 43.9 Å². The summed E-state index contributed by atoms with van der Waals surface area (Å²) in [7, 11) is 0. The number of aliphatic hydroxyl groups is 1. The Kier molecular flexibility index (Phi) is 4.18. The second kappa shape index (κ2) is 6.84. The summed E-state index contributed by atoms with van der Waals surface area (Å²) >= 11 is 0. The number of nitrogens with zero attached hydrogens (tertiary/aromatic N) is 5. The molecule has 5 rings (SSSR count). The molecule has 1 fully saturated rings. The number of anilines is 2. The van der Waals surface area contributed by atoms with Crippen LogP contribution in [0.5, 0.6) is 0 Å². The molecule has 0 bridgehead atoms. The third kappa shape index (κ3) is 2.98. The Morgan fingerprint density at radius 2 is 2.14 bits per heavy atom. The quantitative estimate of drug-likeness (QED) is 0.499. The van der Waals surface area contributed by atoms with Crippen LogP contribution in [0.4, 0.5) is 11.6 Å². The van der Waals surface area contributed by atoms with Crippen molar-refractivity contribution >= 4 is 28.2 Å². The average molecular weight is 379 g/mol. The van der Waals surface area contributed by atoms with Gasteiger partial charge in [-0.2, -0.15) is 14.6 Å². The summed E-state index contributed by atoms with van der Waals surface area (Å²) in [4.78, 5) is 8.89. The van der Waals surface area contributed by atoms with Crippen molar-refractivity contribution in [2.24, 2.45) is 5.92 Å². The van der Waals surface area contributed by atoms with Crippen molar-refractivity contribution in [2.75, 3.05) is 18.5 Å². The molecule has 1 aliphatic rings. The molecule has 0 radical (unpaired) electrons. The molecule has 1 aromatic carbocycles. The van der Waals surface area contributed by atoms with E-state index in [0.717, 1.165) is 35.1 Å². The third-order valence-corrected chi connectivity index (χ3v) is 5.26. The molecule has 9 nitrogen and oxygen atoms in total. The number of aromatic nitrogens is 6. The van der Waals surface area contributed by atoms with Gasteiger partial charge in [0, 0.05) is 42.2 Å². The zero-order valence-electron chi connectivity index (χ0n) is 15.5. The number of ether oxygens (including phenoxy) is 1. The Hall–Kier alpha value is -3.04. The molecule has 3 aromatic heterocycles. The monoisotopic (exact) mass is 379 g/mol. The van der Waals surface area contributed by atoms with Gasteiger partial charge >= 0.3 is 0 Å². The van der Waals surface area contributed by atoms with Crippen LogP contribution in [-0.4, -0.2) is 48.1 Å². The van der Waals surface area contributed by atoms with Gasteiger partial charge in [-0.3, -0.25) is 5.10 Å². The highest BCUT2D eigenvalue weighted by Crippen LogP contribution is 2.29. The fourth-order valence-corrected chi connectivity index (χ4v) is 3.69. The first-order valence-corrected chi connectivity index (χ1v) is 9.38. The van der Waals surface area contributed by atoms with Crippen LogP contribution in [0.15, 0.2) is 30.5 Å². The van der Waals surface area contributed by atoms with Gasteiger partial charge in [-0.25, -0.2) is 4.98 Å². The lowest BCUT2D eigenvalue weighted by molar-refractivity contribution is 0.00293. The highest BCUT2D eigenvalue weighted by Gasteiger charge is 2.27. The molecule has 1 aliphatic heterocycles. The second-order valence-electron chi connectivity index (χ2n) is 7.11. The van der Waals surface area contributed by atoms with E-state index in [1.165, 1.54) is 0 Å². The molecule has 0 saturated carbocycles. The lowest BCUT2D eigenvalue weighted by atomic mass is 9.93. The molecule has 4 heterocycles. The summed E-state index contributed by atoms with van der Waals surface area (Å²) in [5, 5.41) is 26.9. The van der Waals surface area contributed by atoms with Crippen LogP contribution >= 0.6 is 0 Å². The van der Waals surface area contributed by atoms with Crippen molar-refractivity contribution in [1.29, 1.82) is 0 Å². The second-order valence-corrected chi connectivity index (χ2v) is 7.11. The largest absolute Gasteiger partial charge is 0.385 e. The molecule has 0 spiro atoms. The van der Waals surface area contributed by atoms with Crippen LogP contribution in [0.1, 0.15) is 30.5 Å². The van der Waals surface area contributed by atoms with Crippen LogP contribution in [0.3, 0.4) is 0 Å². The Morgan fingerprint density at radius 1 is 1.29 bits per heavy atom. The van der Waals surface area contributed by atoms with E-state index < -0.39 is 6.10 Å². The smallest absolute Gasteiger partial charge is 0.247 e. The van der Waals surface area contributed by atoms with Gasteiger partial charge in [0.2, 0.25) is 5.95 Å². The Bertz CT molecular complexity index is 1130. The lowest BCUT2D eigenvalue weighted by Crippen LogP contribution is -2.24. The summed E-state index contributed by atoms with van der Waals surface area (Å²) in [6.45, 7) is 3.32. The van der Waals surface area contributed by atoms with Crippen LogP contribution in [0.2, 0.25) is 0 Å². The van der Waals surface area contributed by atoms with Crippen LogP contribution in [-0.2, 0) is 4.74 Å². The number of aromatic amines is 1. The standard InChI is InChI=1S/C19H21N7O2/c1-11-14-3-2-13(10-15(14)24-23-11)21-19-22-16-4-7-20-18(26(16)25-19)17(27)12-5-8-28-9-6-12/h2-4,7,10,12,17,27H,5-6,8-9H2,1H3,(H,21,25)(H,23,24). The van der Waals surface area contributed by atoms with Crippen molar-refractivity contribution < 1.29 is 9.84 Å². The number of nitrogens with one attached hydrogen (secondary N) is 2. The van der Waals surface area contributed by atoms with E-state index in [1.54, 1.807) is 16.8 Å². The minimum Gasteiger partial charge on any atom is -0.385 e. The number of H-pyrrole nitrogens is 1. The van der Waals surface area contributed by atoms with E-state index in [4.69, 9.17) is 4.74 Å². The van der Waals surface area contributed by atoms with Gasteiger partial charge in [0.1, 0.15) is 6.10 Å². The molecule has 3 N–H and O–H groups in total. The summed E-state index contributed by atoms with van der Waals surface area (Å²) < 4.78 is 7.00. The van der Waals surface area contributed by atoms with Crippen LogP contribution in [0.25, 0.3) is 16.6 Å². The van der Waals surface area contributed by atoms with Crippen molar-refractivity contribution in [3.05, 3.63) is 42.0 Å². The maximum Gasteiger partial charge on any atom is 0.247 e.